The number of para-hydroxylation sites is 1. The van der Waals surface area contributed by atoms with Gasteiger partial charge in [0.2, 0.25) is 0 Å². The highest BCUT2D eigenvalue weighted by atomic mass is 35.5. The maximum Gasteiger partial charge on any atom is 0.251 e. The molecule has 0 saturated carbocycles. The number of carbonyl (C=O) groups is 1. The minimum atomic E-state index is -0.187. The monoisotopic (exact) mass is 374 g/mol. The number of halogens is 1. The lowest BCUT2D eigenvalue weighted by Crippen LogP contribution is -2.17. The second-order valence-corrected chi connectivity index (χ2v) is 7.06. The molecule has 1 aromatic heterocycles. The third kappa shape index (κ3) is 4.11. The Morgan fingerprint density at radius 3 is 2.76 bits per heavy atom. The molecule has 25 heavy (non-hydrogen) atoms. The van der Waals surface area contributed by atoms with Crippen molar-refractivity contribution >= 4 is 39.1 Å². The molecule has 0 spiro atoms. The molecule has 2 aromatic carbocycles. The number of amides is 1. The molecule has 0 saturated heterocycles. The molecule has 0 radical (unpaired) electrons. The Bertz CT molecular complexity index is 961. The number of benzene rings is 2. The number of thiazole rings is 1. The number of aromatic nitrogens is 1. The summed E-state index contributed by atoms with van der Waals surface area (Å²) in [5, 5.41) is 0.698. The smallest absolute Gasteiger partial charge is 0.251 e. The van der Waals surface area contributed by atoms with E-state index in [1.54, 1.807) is 0 Å². The van der Waals surface area contributed by atoms with Gasteiger partial charge in [0, 0.05) is 11.6 Å². The van der Waals surface area contributed by atoms with E-state index in [1.165, 1.54) is 11.3 Å². The molecular weight excluding hydrogens is 356 g/mol. The molecule has 0 aliphatic carbocycles. The minimum absolute atomic E-state index is 0.187. The third-order valence-electron chi connectivity index (χ3n) is 3.80. The molecule has 6 heteroatoms. The standard InChI is InChI=1S/C19H19ClN2O2S/c1-3-22-18-13(2)11-14(20)12-16(18)25-19(22)21-17(23)9-10-24-15-7-5-4-6-8-15/h4-8,11-12H,3,9-10H2,1-2H3. The average Bonchev–Trinajstić information content (AvgIpc) is 2.92. The summed E-state index contributed by atoms with van der Waals surface area (Å²) in [6.07, 6.45) is 0.243. The fraction of sp³-hybridized carbons (Fsp3) is 0.263. The molecule has 4 nitrogen and oxygen atoms in total. The van der Waals surface area contributed by atoms with E-state index in [1.807, 2.05) is 56.3 Å². The highest BCUT2D eigenvalue weighted by Crippen LogP contribution is 2.25. The van der Waals surface area contributed by atoms with Crippen LogP contribution in [0.1, 0.15) is 18.9 Å². The predicted molar refractivity (Wildman–Crippen MR) is 102 cm³/mol. The summed E-state index contributed by atoms with van der Waals surface area (Å²) in [4.78, 5) is 17.2. The lowest BCUT2D eigenvalue weighted by molar-refractivity contribution is -0.118. The molecule has 0 unspecified atom stereocenters. The normalized spacial score (nSPS) is 11.9. The second-order valence-electron chi connectivity index (χ2n) is 5.62. The first-order valence-electron chi connectivity index (χ1n) is 8.13. The van der Waals surface area contributed by atoms with E-state index in [-0.39, 0.29) is 12.3 Å². The zero-order chi connectivity index (χ0) is 17.8. The number of ether oxygens (including phenoxy) is 1. The number of fused-ring (bicyclic) bond motifs is 1. The van der Waals surface area contributed by atoms with Crippen LogP contribution in [0, 0.1) is 6.92 Å². The molecule has 3 rings (SSSR count). The van der Waals surface area contributed by atoms with Crippen LogP contribution in [-0.4, -0.2) is 17.1 Å². The zero-order valence-corrected chi connectivity index (χ0v) is 15.7. The van der Waals surface area contributed by atoms with E-state index in [4.69, 9.17) is 16.3 Å². The van der Waals surface area contributed by atoms with Gasteiger partial charge in [-0.3, -0.25) is 4.79 Å². The second kappa shape index (κ2) is 7.85. The first-order valence-corrected chi connectivity index (χ1v) is 9.33. The first kappa shape index (κ1) is 17.7. The molecule has 0 fully saturated rings. The van der Waals surface area contributed by atoms with Crippen molar-refractivity contribution < 1.29 is 9.53 Å². The van der Waals surface area contributed by atoms with Gasteiger partial charge >= 0.3 is 0 Å². The van der Waals surface area contributed by atoms with Gasteiger partial charge in [-0.15, -0.1) is 0 Å². The van der Waals surface area contributed by atoms with Crippen molar-refractivity contribution in [1.29, 1.82) is 0 Å². The quantitative estimate of drug-likeness (QED) is 0.656. The van der Waals surface area contributed by atoms with Crippen molar-refractivity contribution in [2.24, 2.45) is 4.99 Å². The van der Waals surface area contributed by atoms with E-state index >= 15 is 0 Å². The molecule has 0 aliphatic heterocycles. The minimum Gasteiger partial charge on any atom is -0.493 e. The Labute approximate surface area is 155 Å². The van der Waals surface area contributed by atoms with Crippen LogP contribution < -0.4 is 9.54 Å². The van der Waals surface area contributed by atoms with Crippen LogP contribution in [0.25, 0.3) is 10.2 Å². The summed E-state index contributed by atoms with van der Waals surface area (Å²) >= 11 is 7.63. The predicted octanol–water partition coefficient (Wildman–Crippen LogP) is 4.58. The molecule has 0 bridgehead atoms. The number of carbonyl (C=O) groups excluding carboxylic acids is 1. The third-order valence-corrected chi connectivity index (χ3v) is 5.04. The summed E-state index contributed by atoms with van der Waals surface area (Å²) in [6.45, 7) is 5.12. The molecule has 0 aliphatic rings. The van der Waals surface area contributed by atoms with Crippen LogP contribution in [0.5, 0.6) is 5.75 Å². The van der Waals surface area contributed by atoms with Crippen LogP contribution in [0.3, 0.4) is 0 Å². The van der Waals surface area contributed by atoms with Gasteiger partial charge in [-0.25, -0.2) is 0 Å². The maximum absolute atomic E-state index is 12.2. The SMILES string of the molecule is CCn1c(=NC(=O)CCOc2ccccc2)sc2cc(Cl)cc(C)c21. The van der Waals surface area contributed by atoms with Crippen molar-refractivity contribution in [3.8, 4) is 5.75 Å². The molecule has 1 amide bonds. The molecular formula is C19H19ClN2O2S. The van der Waals surface area contributed by atoms with E-state index < -0.39 is 0 Å². The molecule has 130 valence electrons. The van der Waals surface area contributed by atoms with Gasteiger partial charge in [-0.2, -0.15) is 4.99 Å². The number of nitrogens with zero attached hydrogens (tertiary/aromatic N) is 2. The molecule has 3 aromatic rings. The Kier molecular flexibility index (Phi) is 5.56. The summed E-state index contributed by atoms with van der Waals surface area (Å²) in [6, 6.07) is 13.3. The van der Waals surface area contributed by atoms with E-state index in [0.29, 0.717) is 16.4 Å². The Balaban J connectivity index is 1.80. The zero-order valence-electron chi connectivity index (χ0n) is 14.2. The van der Waals surface area contributed by atoms with Crippen molar-refractivity contribution in [1.82, 2.24) is 4.57 Å². The van der Waals surface area contributed by atoms with Crippen molar-refractivity contribution in [2.45, 2.75) is 26.8 Å². The van der Waals surface area contributed by atoms with Crippen LogP contribution in [-0.2, 0) is 11.3 Å². The van der Waals surface area contributed by atoms with Crippen LogP contribution >= 0.6 is 22.9 Å². The number of aryl methyl sites for hydroxylation is 2. The fourth-order valence-electron chi connectivity index (χ4n) is 2.69. The topological polar surface area (TPSA) is 43.6 Å². The highest BCUT2D eigenvalue weighted by Gasteiger charge is 2.10. The lowest BCUT2D eigenvalue weighted by Gasteiger charge is -2.04. The number of rotatable bonds is 5. The van der Waals surface area contributed by atoms with E-state index in [2.05, 4.69) is 9.56 Å². The summed E-state index contributed by atoms with van der Waals surface area (Å²) < 4.78 is 8.66. The van der Waals surface area contributed by atoms with Gasteiger partial charge in [0.25, 0.3) is 5.91 Å². The summed E-state index contributed by atoms with van der Waals surface area (Å²) in [7, 11) is 0. The largest absolute Gasteiger partial charge is 0.493 e. The number of hydrogen-bond donors (Lipinski definition) is 0. The van der Waals surface area contributed by atoms with Gasteiger partial charge in [0.05, 0.1) is 23.2 Å². The van der Waals surface area contributed by atoms with Crippen molar-refractivity contribution in [3.63, 3.8) is 0 Å². The van der Waals surface area contributed by atoms with E-state index in [0.717, 1.165) is 28.1 Å². The van der Waals surface area contributed by atoms with Crippen LogP contribution in [0.2, 0.25) is 5.02 Å². The van der Waals surface area contributed by atoms with Crippen LogP contribution in [0.15, 0.2) is 47.5 Å². The highest BCUT2D eigenvalue weighted by molar-refractivity contribution is 7.16. The summed E-state index contributed by atoms with van der Waals surface area (Å²) in [5.41, 5.74) is 2.17. The van der Waals surface area contributed by atoms with Crippen molar-refractivity contribution in [3.05, 3.63) is 57.9 Å². The molecule has 0 N–H and O–H groups in total. The van der Waals surface area contributed by atoms with Gasteiger partial charge in [-0.05, 0) is 43.7 Å². The van der Waals surface area contributed by atoms with Gasteiger partial charge in [-0.1, -0.05) is 41.1 Å². The van der Waals surface area contributed by atoms with Gasteiger partial charge in [0.1, 0.15) is 5.75 Å². The Hall–Kier alpha value is -2.11. The van der Waals surface area contributed by atoms with Gasteiger partial charge in [0.15, 0.2) is 4.80 Å². The van der Waals surface area contributed by atoms with Crippen LogP contribution in [0.4, 0.5) is 0 Å². The lowest BCUT2D eigenvalue weighted by atomic mass is 10.2. The Morgan fingerprint density at radius 1 is 1.28 bits per heavy atom. The summed E-state index contributed by atoms with van der Waals surface area (Å²) in [5.74, 6) is 0.569. The molecule has 1 heterocycles. The molecule has 0 atom stereocenters. The average molecular weight is 375 g/mol. The maximum atomic E-state index is 12.2. The van der Waals surface area contributed by atoms with Gasteiger partial charge < -0.3 is 9.30 Å². The van der Waals surface area contributed by atoms with Crippen molar-refractivity contribution in [2.75, 3.05) is 6.61 Å². The number of hydrogen-bond acceptors (Lipinski definition) is 3. The fourth-order valence-corrected chi connectivity index (χ4v) is 4.26. The van der Waals surface area contributed by atoms with E-state index in [9.17, 15) is 4.79 Å². The first-order chi connectivity index (χ1) is 12.1. The Morgan fingerprint density at radius 2 is 2.04 bits per heavy atom.